The molecule has 0 radical (unpaired) electrons. The average molecular weight is 578 g/mol. The highest BCUT2D eigenvalue weighted by Crippen LogP contribution is 2.46. The quantitative estimate of drug-likeness (QED) is 0.188. The Morgan fingerprint density at radius 1 is 0.364 bits per heavy atom. The van der Waals surface area contributed by atoms with Crippen LogP contribution in [-0.2, 0) is 0 Å². The summed E-state index contributed by atoms with van der Waals surface area (Å²) in [5, 5.41) is 10.2. The molecule has 9 rings (SSSR count). The van der Waals surface area contributed by atoms with Crippen molar-refractivity contribution >= 4 is 80.9 Å². The molecule has 0 saturated carbocycles. The van der Waals surface area contributed by atoms with Gasteiger partial charge in [0, 0.05) is 26.8 Å². The summed E-state index contributed by atoms with van der Waals surface area (Å²) in [6, 6.07) is 59.8. The molecule has 0 amide bonds. The van der Waals surface area contributed by atoms with Crippen LogP contribution in [0.5, 0.6) is 0 Å². The lowest BCUT2D eigenvalue weighted by Crippen LogP contribution is -2.10. The second-order valence-corrected chi connectivity index (χ2v) is 12.4. The predicted molar refractivity (Wildman–Crippen MR) is 192 cm³/mol. The summed E-state index contributed by atoms with van der Waals surface area (Å²) in [5.41, 5.74) is 5.90. The molecule has 0 fully saturated rings. The molecule has 0 saturated heterocycles. The van der Waals surface area contributed by atoms with Crippen molar-refractivity contribution in [2.24, 2.45) is 0 Å². The van der Waals surface area contributed by atoms with Crippen molar-refractivity contribution in [1.29, 1.82) is 0 Å². The van der Waals surface area contributed by atoms with E-state index in [0.29, 0.717) is 0 Å². The van der Waals surface area contributed by atoms with E-state index >= 15 is 0 Å². The van der Waals surface area contributed by atoms with Gasteiger partial charge in [-0.05, 0) is 85.9 Å². The van der Waals surface area contributed by atoms with Crippen LogP contribution in [0.1, 0.15) is 0 Å². The first-order valence-electron chi connectivity index (χ1n) is 15.0. The molecular weight excluding hydrogens is 551 g/mol. The number of hydrogen-bond acceptors (Lipinski definition) is 2. The van der Waals surface area contributed by atoms with Gasteiger partial charge in [-0.3, -0.25) is 0 Å². The lowest BCUT2D eigenvalue weighted by Gasteiger charge is -2.27. The summed E-state index contributed by atoms with van der Waals surface area (Å²) < 4.78 is 2.60. The largest absolute Gasteiger partial charge is 0.309 e. The van der Waals surface area contributed by atoms with Gasteiger partial charge in [0.15, 0.2) is 0 Å². The molecule has 1 aromatic heterocycles. The van der Waals surface area contributed by atoms with Gasteiger partial charge in [-0.15, -0.1) is 11.3 Å². The molecule has 9 aromatic rings. The maximum atomic E-state index is 2.44. The van der Waals surface area contributed by atoms with E-state index in [1.54, 1.807) is 0 Å². The summed E-state index contributed by atoms with van der Waals surface area (Å²) >= 11 is 1.87. The Bertz CT molecular complexity index is 2520. The third kappa shape index (κ3) is 4.07. The first-order chi connectivity index (χ1) is 21.8. The van der Waals surface area contributed by atoms with Gasteiger partial charge in [-0.2, -0.15) is 0 Å². The molecule has 8 aromatic carbocycles. The number of rotatable bonds is 4. The summed E-state index contributed by atoms with van der Waals surface area (Å²) in [4.78, 5) is 2.44. The van der Waals surface area contributed by atoms with Gasteiger partial charge in [0.25, 0.3) is 0 Å². The highest BCUT2D eigenvalue weighted by molar-refractivity contribution is 7.26. The second kappa shape index (κ2) is 10.1. The van der Waals surface area contributed by atoms with Crippen molar-refractivity contribution in [3.05, 3.63) is 164 Å². The Morgan fingerprint density at radius 3 is 1.95 bits per heavy atom. The van der Waals surface area contributed by atoms with Crippen LogP contribution in [0.25, 0.3) is 63.6 Å². The Hall–Kier alpha value is -5.44. The number of thiophene rings is 1. The van der Waals surface area contributed by atoms with E-state index in [1.807, 2.05) is 11.3 Å². The number of nitrogens with zero attached hydrogens (tertiary/aromatic N) is 1. The molecule has 1 nitrogen and oxygen atoms in total. The van der Waals surface area contributed by atoms with Gasteiger partial charge in [-0.25, -0.2) is 0 Å². The molecule has 0 bridgehead atoms. The predicted octanol–water partition coefficient (Wildman–Crippen LogP) is 12.7. The maximum Gasteiger partial charge on any atom is 0.0640 e. The van der Waals surface area contributed by atoms with Gasteiger partial charge in [-0.1, -0.05) is 121 Å². The zero-order chi connectivity index (χ0) is 29.0. The van der Waals surface area contributed by atoms with Crippen molar-refractivity contribution in [1.82, 2.24) is 0 Å². The lowest BCUT2D eigenvalue weighted by molar-refractivity contribution is 1.31. The van der Waals surface area contributed by atoms with Crippen LogP contribution in [0, 0.1) is 0 Å². The fraction of sp³-hybridized carbons (Fsp3) is 0. The average Bonchev–Trinajstić information content (AvgIpc) is 3.48. The van der Waals surface area contributed by atoms with Crippen LogP contribution in [0.3, 0.4) is 0 Å². The van der Waals surface area contributed by atoms with Gasteiger partial charge in [0.05, 0.1) is 10.4 Å². The normalized spacial score (nSPS) is 11.6. The Balaban J connectivity index is 1.28. The van der Waals surface area contributed by atoms with Crippen molar-refractivity contribution in [3.8, 4) is 11.1 Å². The number of anilines is 3. The Labute approximate surface area is 259 Å². The number of benzene rings is 8. The summed E-state index contributed by atoms with van der Waals surface area (Å²) in [5.74, 6) is 0. The van der Waals surface area contributed by atoms with Gasteiger partial charge in [0.1, 0.15) is 0 Å². The van der Waals surface area contributed by atoms with Crippen molar-refractivity contribution in [3.63, 3.8) is 0 Å². The van der Waals surface area contributed by atoms with Crippen LogP contribution in [0.15, 0.2) is 164 Å². The molecule has 0 spiro atoms. The molecule has 2 heteroatoms. The fourth-order valence-electron chi connectivity index (χ4n) is 6.67. The van der Waals surface area contributed by atoms with Crippen LogP contribution >= 0.6 is 11.3 Å². The maximum absolute atomic E-state index is 2.44. The standard InChI is InChI=1S/C42H27NS/c1-2-11-30-25-32(21-19-28(30)9-1)31-12-7-13-34(26-31)43(40-17-8-16-39-38-15-5-6-18-41(38)44-42(39)40)35-23-24-37-33(27-35)22-20-29-10-3-4-14-36(29)37/h1-27H. The molecule has 44 heavy (non-hydrogen) atoms. The highest BCUT2D eigenvalue weighted by atomic mass is 32.1. The lowest BCUT2D eigenvalue weighted by atomic mass is 9.99. The third-order valence-electron chi connectivity index (χ3n) is 8.80. The van der Waals surface area contributed by atoms with Crippen LogP contribution < -0.4 is 4.90 Å². The minimum atomic E-state index is 1.14. The van der Waals surface area contributed by atoms with E-state index < -0.39 is 0 Å². The van der Waals surface area contributed by atoms with E-state index in [1.165, 1.54) is 69.3 Å². The van der Waals surface area contributed by atoms with Gasteiger partial charge < -0.3 is 4.90 Å². The molecular formula is C42H27NS. The SMILES string of the molecule is c1cc(-c2ccc3ccccc3c2)cc(N(c2ccc3c(ccc4ccccc43)c2)c2cccc3c2sc2ccccc23)c1. The molecule has 0 aliphatic carbocycles. The Kier molecular flexibility index (Phi) is 5.75. The van der Waals surface area contributed by atoms with E-state index in [0.717, 1.165) is 11.4 Å². The molecule has 0 unspecified atom stereocenters. The van der Waals surface area contributed by atoms with Crippen LogP contribution in [0.4, 0.5) is 17.1 Å². The zero-order valence-corrected chi connectivity index (χ0v) is 24.8. The summed E-state index contributed by atoms with van der Waals surface area (Å²) in [6.45, 7) is 0. The highest BCUT2D eigenvalue weighted by Gasteiger charge is 2.19. The number of hydrogen-bond donors (Lipinski definition) is 0. The minimum absolute atomic E-state index is 1.14. The van der Waals surface area contributed by atoms with E-state index in [9.17, 15) is 0 Å². The van der Waals surface area contributed by atoms with Crippen molar-refractivity contribution < 1.29 is 0 Å². The molecule has 1 heterocycles. The van der Waals surface area contributed by atoms with E-state index in [4.69, 9.17) is 0 Å². The summed E-state index contributed by atoms with van der Waals surface area (Å²) in [7, 11) is 0. The van der Waals surface area contributed by atoms with E-state index in [2.05, 4.69) is 169 Å². The fourth-order valence-corrected chi connectivity index (χ4v) is 7.87. The number of fused-ring (bicyclic) bond motifs is 7. The molecule has 206 valence electrons. The third-order valence-corrected chi connectivity index (χ3v) is 10.0. The first kappa shape index (κ1) is 25.1. The summed E-state index contributed by atoms with van der Waals surface area (Å²) in [6.07, 6.45) is 0. The topological polar surface area (TPSA) is 3.24 Å². The second-order valence-electron chi connectivity index (χ2n) is 11.4. The zero-order valence-electron chi connectivity index (χ0n) is 23.9. The minimum Gasteiger partial charge on any atom is -0.309 e. The van der Waals surface area contributed by atoms with Crippen molar-refractivity contribution in [2.75, 3.05) is 4.90 Å². The monoisotopic (exact) mass is 577 g/mol. The van der Waals surface area contributed by atoms with E-state index in [-0.39, 0.29) is 0 Å². The van der Waals surface area contributed by atoms with Gasteiger partial charge in [0.2, 0.25) is 0 Å². The van der Waals surface area contributed by atoms with Crippen LogP contribution in [0.2, 0.25) is 0 Å². The van der Waals surface area contributed by atoms with Gasteiger partial charge >= 0.3 is 0 Å². The van der Waals surface area contributed by atoms with Crippen molar-refractivity contribution in [2.45, 2.75) is 0 Å². The molecule has 0 aliphatic heterocycles. The first-order valence-corrected chi connectivity index (χ1v) is 15.8. The Morgan fingerprint density at radius 2 is 1.02 bits per heavy atom. The molecule has 0 aliphatic rings. The molecule has 0 N–H and O–H groups in total. The smallest absolute Gasteiger partial charge is 0.0640 e. The van der Waals surface area contributed by atoms with Crippen LogP contribution in [-0.4, -0.2) is 0 Å². The molecule has 0 atom stereocenters.